The molecule has 8 rings (SSSR count). The first kappa shape index (κ1) is 37.8. The van der Waals surface area contributed by atoms with Gasteiger partial charge in [-0.25, -0.2) is 0 Å². The molecule has 0 aromatic heterocycles. The summed E-state index contributed by atoms with van der Waals surface area (Å²) in [5.74, 6) is -0.733. The molecule has 5 aromatic rings. The number of hydrogen-bond acceptors (Lipinski definition) is 9. The van der Waals surface area contributed by atoms with E-state index in [4.69, 9.17) is 15.2 Å². The number of phenolic OH excluding ortho intramolecular Hbond substituents is 4. The normalized spacial score (nSPS) is 20.7. The third-order valence-electron chi connectivity index (χ3n) is 11.6. The van der Waals surface area contributed by atoms with E-state index in [9.17, 15) is 30.3 Å². The summed E-state index contributed by atoms with van der Waals surface area (Å²) in [5, 5.41) is 55.2. The second kappa shape index (κ2) is 16.9. The highest BCUT2D eigenvalue weighted by Crippen LogP contribution is 2.62. The molecule has 6 atom stereocenters. The van der Waals surface area contributed by atoms with Crippen molar-refractivity contribution in [1.29, 1.82) is 0 Å². The van der Waals surface area contributed by atoms with Crippen LogP contribution in [0.4, 0.5) is 0 Å². The zero-order valence-corrected chi connectivity index (χ0v) is 30.8. The summed E-state index contributed by atoms with van der Waals surface area (Å²) >= 11 is 0. The second-order valence-corrected chi connectivity index (χ2v) is 15.1. The molecule has 2 bridgehead atoms. The molecule has 5 aromatic carbocycles. The van der Waals surface area contributed by atoms with Gasteiger partial charge in [-0.05, 0) is 120 Å². The van der Waals surface area contributed by atoms with Crippen LogP contribution < -0.4 is 15.2 Å². The number of benzene rings is 5. The summed E-state index contributed by atoms with van der Waals surface area (Å²) in [6, 6.07) is 33.9. The number of hydrogen-bond donors (Lipinski definition) is 6. The van der Waals surface area contributed by atoms with Gasteiger partial charge in [0.2, 0.25) is 5.75 Å². The van der Waals surface area contributed by atoms with Crippen molar-refractivity contribution in [2.24, 2.45) is 23.5 Å². The number of Topliss-reactive ketones (excluding diaryl/α,β-unsaturated/α-hetero) is 1. The number of aryl methyl sites for hydroxylation is 1. The van der Waals surface area contributed by atoms with E-state index >= 15 is 0 Å². The molecule has 9 nitrogen and oxygen atoms in total. The van der Waals surface area contributed by atoms with Crippen molar-refractivity contribution in [3.63, 3.8) is 0 Å². The maximum atomic E-state index is 13.7. The lowest BCUT2D eigenvalue weighted by Crippen LogP contribution is -2.34. The minimum absolute atomic E-state index is 0.0201. The Morgan fingerprint density at radius 2 is 1.42 bits per heavy atom. The topological polar surface area (TPSA) is 163 Å². The number of ketones is 1. The summed E-state index contributed by atoms with van der Waals surface area (Å²) in [4.78, 5) is 13.7. The van der Waals surface area contributed by atoms with E-state index in [-0.39, 0.29) is 96.0 Å². The summed E-state index contributed by atoms with van der Waals surface area (Å²) in [7, 11) is 0. The Balaban J connectivity index is 1.26. The molecule has 9 heteroatoms. The highest BCUT2D eigenvalue weighted by Gasteiger charge is 2.50. The molecule has 1 fully saturated rings. The van der Waals surface area contributed by atoms with Crippen LogP contribution in [-0.4, -0.2) is 44.2 Å². The predicted molar refractivity (Wildman–Crippen MR) is 209 cm³/mol. The van der Waals surface area contributed by atoms with Gasteiger partial charge in [0, 0.05) is 18.4 Å². The fraction of sp³-hybridized carbons (Fsp3) is 0.326. The molecule has 55 heavy (non-hydrogen) atoms. The Morgan fingerprint density at radius 1 is 0.727 bits per heavy atom. The molecule has 0 saturated heterocycles. The van der Waals surface area contributed by atoms with Gasteiger partial charge < -0.3 is 35.0 Å². The molecule has 286 valence electrons. The fourth-order valence-corrected chi connectivity index (χ4v) is 9.14. The summed E-state index contributed by atoms with van der Waals surface area (Å²) in [6.07, 6.45) is 2.45. The molecule has 0 radical (unpaired) electrons. The Bertz CT molecular complexity index is 2090. The van der Waals surface area contributed by atoms with Crippen LogP contribution in [0.5, 0.6) is 34.5 Å². The molecule has 3 aliphatic rings. The molecule has 0 spiro atoms. The average Bonchev–Trinajstić information content (AvgIpc) is 3.40. The van der Waals surface area contributed by atoms with Crippen molar-refractivity contribution < 1.29 is 39.8 Å². The Hall–Kier alpha value is -5.51. The third-order valence-corrected chi connectivity index (χ3v) is 11.6. The van der Waals surface area contributed by atoms with Crippen LogP contribution in [0, 0.1) is 17.8 Å². The van der Waals surface area contributed by atoms with Gasteiger partial charge in [-0.2, -0.15) is 0 Å². The van der Waals surface area contributed by atoms with E-state index in [0.717, 1.165) is 35.1 Å². The number of ether oxygens (including phenoxy) is 2. The van der Waals surface area contributed by atoms with Crippen molar-refractivity contribution in [3.05, 3.63) is 143 Å². The first-order chi connectivity index (χ1) is 26.7. The number of carbonyl (C=O) groups excluding carboxylic acids is 1. The van der Waals surface area contributed by atoms with Crippen molar-refractivity contribution in [3.8, 4) is 34.5 Å². The minimum Gasteiger partial charge on any atom is -0.508 e. The van der Waals surface area contributed by atoms with E-state index in [0.29, 0.717) is 24.8 Å². The number of nitrogens with two attached hydrogens (primary N) is 1. The van der Waals surface area contributed by atoms with Gasteiger partial charge >= 0.3 is 0 Å². The molecular formula is C46H49NO8. The fourth-order valence-electron chi connectivity index (χ4n) is 9.14. The quantitative estimate of drug-likeness (QED) is 0.0467. The first-order valence-electron chi connectivity index (χ1n) is 19.1. The third kappa shape index (κ3) is 8.58. The number of carbonyl (C=O) groups is 1. The maximum Gasteiger partial charge on any atom is 0.200 e. The van der Waals surface area contributed by atoms with Gasteiger partial charge in [0.15, 0.2) is 23.0 Å². The second-order valence-electron chi connectivity index (χ2n) is 15.1. The van der Waals surface area contributed by atoms with Gasteiger partial charge in [-0.1, -0.05) is 78.9 Å². The number of rotatable bonds is 15. The Morgan fingerprint density at radius 3 is 2.11 bits per heavy atom. The van der Waals surface area contributed by atoms with Crippen molar-refractivity contribution in [2.45, 2.75) is 69.5 Å². The summed E-state index contributed by atoms with van der Waals surface area (Å²) < 4.78 is 11.7. The van der Waals surface area contributed by atoms with Gasteiger partial charge in [0.25, 0.3) is 0 Å². The van der Waals surface area contributed by atoms with Gasteiger partial charge in [0.05, 0.1) is 6.10 Å². The predicted octanol–water partition coefficient (Wildman–Crippen LogP) is 7.64. The number of aliphatic hydroxyl groups is 1. The van der Waals surface area contributed by atoms with Crippen molar-refractivity contribution in [1.82, 2.24) is 0 Å². The van der Waals surface area contributed by atoms with Crippen LogP contribution in [0.1, 0.15) is 70.9 Å². The molecule has 0 heterocycles. The minimum atomic E-state index is -0.970. The number of phenols is 4. The first-order valence-corrected chi connectivity index (χ1v) is 19.1. The van der Waals surface area contributed by atoms with Crippen molar-refractivity contribution in [2.75, 3.05) is 6.73 Å². The molecule has 0 aliphatic heterocycles. The Kier molecular flexibility index (Phi) is 11.6. The number of fused-ring (bicyclic) bond motifs is 3. The average molecular weight is 744 g/mol. The smallest absolute Gasteiger partial charge is 0.200 e. The molecule has 3 aliphatic carbocycles. The molecule has 1 saturated carbocycles. The summed E-state index contributed by atoms with van der Waals surface area (Å²) in [6.45, 7) is -0.0265. The van der Waals surface area contributed by atoms with Gasteiger partial charge in [-0.15, -0.1) is 0 Å². The van der Waals surface area contributed by atoms with E-state index < -0.39 is 6.10 Å². The van der Waals surface area contributed by atoms with Crippen LogP contribution in [-0.2, 0) is 30.7 Å². The zero-order chi connectivity index (χ0) is 38.5. The maximum absolute atomic E-state index is 13.7. The lowest BCUT2D eigenvalue weighted by atomic mass is 9.65. The van der Waals surface area contributed by atoms with Crippen LogP contribution in [0.2, 0.25) is 0 Å². The number of aromatic hydroxyl groups is 4. The van der Waals surface area contributed by atoms with Crippen LogP contribution >= 0.6 is 0 Å². The van der Waals surface area contributed by atoms with E-state index in [1.54, 1.807) is 36.4 Å². The lowest BCUT2D eigenvalue weighted by molar-refractivity contribution is -0.122. The van der Waals surface area contributed by atoms with Crippen molar-refractivity contribution >= 4 is 5.78 Å². The molecule has 7 N–H and O–H groups in total. The largest absolute Gasteiger partial charge is 0.508 e. The van der Waals surface area contributed by atoms with Crippen LogP contribution in [0.25, 0.3) is 0 Å². The molecule has 0 unspecified atom stereocenters. The summed E-state index contributed by atoms with van der Waals surface area (Å²) in [5.41, 5.74) is 11.0. The Labute approximate surface area is 321 Å². The van der Waals surface area contributed by atoms with E-state index in [2.05, 4.69) is 24.3 Å². The highest BCUT2D eigenvalue weighted by atomic mass is 16.5. The van der Waals surface area contributed by atoms with Gasteiger partial charge in [-0.3, -0.25) is 10.5 Å². The standard InChI is InChI=1S/C46H49NO8/c47-27-55-42-21-30(15-17-39(42)50)14-16-35(49)24-40(51)37-22-32(18-28-8-3-1-4-9-28)36-23-33(19-29-10-5-2-6-11-29)43(37)38-25-41(52)45(53)46(44(36)38)54-26-31-12-7-13-34(48)20-31/h1-13,15,17,20-21,25,32-33,36-37,40,43,48,50-53H,14,16,18-19,22-24,26-27,47H2/t32-,33-,36-,37-,40+,43+/m1/s1. The molecular weight excluding hydrogens is 695 g/mol. The van der Waals surface area contributed by atoms with E-state index in [1.165, 1.54) is 11.6 Å². The lowest BCUT2D eigenvalue weighted by Gasteiger charge is -2.40. The highest BCUT2D eigenvalue weighted by molar-refractivity contribution is 5.79. The monoisotopic (exact) mass is 743 g/mol. The molecule has 0 amide bonds. The van der Waals surface area contributed by atoms with Crippen LogP contribution in [0.15, 0.2) is 109 Å². The van der Waals surface area contributed by atoms with Crippen LogP contribution in [0.3, 0.4) is 0 Å². The van der Waals surface area contributed by atoms with E-state index in [1.807, 2.05) is 42.5 Å². The SMILES string of the molecule is NCOc1cc(CCC(=O)C[C@H](O)[C@H]2C[C@@H](Cc3ccccc3)[C@H]3C[C@@H](Cc4ccccc4)[C@@H]2c2cc(O)c(O)c(OCc4cccc(O)c4)c23)ccc1O. The zero-order valence-electron chi connectivity index (χ0n) is 30.8. The van der Waals surface area contributed by atoms with Gasteiger partial charge in [0.1, 0.15) is 24.9 Å². The number of aliphatic hydroxyl groups excluding tert-OH is 1.